The van der Waals surface area contributed by atoms with Crippen molar-refractivity contribution in [3.05, 3.63) is 12.3 Å². The molecule has 108 valence electrons. The molecule has 0 aromatic rings. The van der Waals surface area contributed by atoms with E-state index >= 15 is 0 Å². The van der Waals surface area contributed by atoms with Gasteiger partial charge in [0.05, 0.1) is 15.9 Å². The Labute approximate surface area is 140 Å². The number of unbranched alkanes of at least 4 members (excludes halogenated alkanes) is 4. The molecule has 0 aromatic carbocycles. The van der Waals surface area contributed by atoms with Crippen molar-refractivity contribution in [2.24, 2.45) is 0 Å². The van der Waals surface area contributed by atoms with Crippen LogP contribution in [0.3, 0.4) is 0 Å². The average molecular weight is 299 g/mol. The summed E-state index contributed by atoms with van der Waals surface area (Å²) in [6, 6.07) is 0. The SMILES string of the molecule is CCCCCN(C=CCS(=O)(=O)[O-])CCCCC.[Na+]. The standard InChI is InChI=1S/C13H27NO3S.Na/c1-3-5-7-10-14(11-8-6-4-2)12-9-13-18(15,16)17;/h9,12H,3-8,10-11,13H2,1-2H3,(H,15,16,17);/q;+1/p-1. The Morgan fingerprint density at radius 3 is 1.84 bits per heavy atom. The number of hydrogen-bond donors (Lipinski definition) is 0. The molecule has 19 heavy (non-hydrogen) atoms. The molecule has 0 rings (SSSR count). The van der Waals surface area contributed by atoms with Gasteiger partial charge in [0.15, 0.2) is 0 Å². The Morgan fingerprint density at radius 1 is 1.00 bits per heavy atom. The summed E-state index contributed by atoms with van der Waals surface area (Å²) in [6.07, 6.45) is 10.1. The summed E-state index contributed by atoms with van der Waals surface area (Å²) in [5.74, 6) is -0.412. The third-order valence-corrected chi connectivity index (χ3v) is 3.32. The predicted octanol–water partition coefficient (Wildman–Crippen LogP) is -0.268. The van der Waals surface area contributed by atoms with E-state index in [1.54, 1.807) is 6.20 Å². The van der Waals surface area contributed by atoms with Gasteiger partial charge in [-0.25, -0.2) is 8.42 Å². The van der Waals surface area contributed by atoms with E-state index in [4.69, 9.17) is 0 Å². The Hall–Kier alpha value is 0.450. The van der Waals surface area contributed by atoms with Gasteiger partial charge >= 0.3 is 29.6 Å². The minimum Gasteiger partial charge on any atom is -0.748 e. The Bertz CT molecular complexity index is 308. The van der Waals surface area contributed by atoms with Crippen molar-refractivity contribution in [2.75, 3.05) is 18.8 Å². The summed E-state index contributed by atoms with van der Waals surface area (Å²) in [5.41, 5.74) is 0. The molecule has 0 heterocycles. The molecular weight excluding hydrogens is 273 g/mol. The molecule has 6 heteroatoms. The molecule has 0 aliphatic carbocycles. The Kier molecular flexibility index (Phi) is 15.4. The van der Waals surface area contributed by atoms with E-state index in [1.807, 2.05) is 0 Å². The summed E-state index contributed by atoms with van der Waals surface area (Å²) >= 11 is 0. The van der Waals surface area contributed by atoms with Crippen molar-refractivity contribution in [3.63, 3.8) is 0 Å². The molecule has 0 fully saturated rings. The first-order valence-corrected chi connectivity index (χ1v) is 8.41. The van der Waals surface area contributed by atoms with E-state index in [1.165, 1.54) is 31.8 Å². The fourth-order valence-corrected chi connectivity index (χ4v) is 2.02. The van der Waals surface area contributed by atoms with Gasteiger partial charge in [-0.1, -0.05) is 45.6 Å². The Morgan fingerprint density at radius 2 is 1.47 bits per heavy atom. The number of rotatable bonds is 11. The first-order valence-electron chi connectivity index (χ1n) is 6.84. The molecule has 0 aromatic heterocycles. The molecule has 0 atom stereocenters. The quantitative estimate of drug-likeness (QED) is 0.299. The van der Waals surface area contributed by atoms with Crippen LogP contribution in [0.5, 0.6) is 0 Å². The maximum Gasteiger partial charge on any atom is 1.00 e. The molecule has 0 saturated heterocycles. The second-order valence-electron chi connectivity index (χ2n) is 4.56. The van der Waals surface area contributed by atoms with Gasteiger partial charge in [0, 0.05) is 13.1 Å². The van der Waals surface area contributed by atoms with Gasteiger partial charge < -0.3 is 9.45 Å². The molecule has 0 aliphatic rings. The van der Waals surface area contributed by atoms with E-state index < -0.39 is 15.9 Å². The van der Waals surface area contributed by atoms with Crippen molar-refractivity contribution in [2.45, 2.75) is 52.4 Å². The topological polar surface area (TPSA) is 60.4 Å². The monoisotopic (exact) mass is 299 g/mol. The van der Waals surface area contributed by atoms with E-state index in [0.717, 1.165) is 25.9 Å². The van der Waals surface area contributed by atoms with Gasteiger partial charge in [-0.3, -0.25) is 0 Å². The molecule has 0 bridgehead atoms. The largest absolute Gasteiger partial charge is 1.00 e. The summed E-state index contributed by atoms with van der Waals surface area (Å²) in [5, 5.41) is 0. The number of hydrogen-bond acceptors (Lipinski definition) is 4. The van der Waals surface area contributed by atoms with Crippen molar-refractivity contribution in [1.82, 2.24) is 4.90 Å². The molecule has 0 spiro atoms. The van der Waals surface area contributed by atoms with E-state index in [2.05, 4.69) is 18.7 Å². The smallest absolute Gasteiger partial charge is 0.748 e. The average Bonchev–Trinajstić information content (AvgIpc) is 2.27. The Balaban J connectivity index is 0. The molecule has 0 aliphatic heterocycles. The fraction of sp³-hybridized carbons (Fsp3) is 0.846. The van der Waals surface area contributed by atoms with Crippen LogP contribution in [0.2, 0.25) is 0 Å². The van der Waals surface area contributed by atoms with Crippen molar-refractivity contribution in [1.29, 1.82) is 0 Å². The van der Waals surface area contributed by atoms with Crippen LogP contribution in [-0.4, -0.2) is 36.7 Å². The van der Waals surface area contributed by atoms with Gasteiger partial charge in [0.25, 0.3) is 0 Å². The van der Waals surface area contributed by atoms with Gasteiger partial charge in [-0.2, -0.15) is 0 Å². The van der Waals surface area contributed by atoms with Crippen molar-refractivity contribution < 1.29 is 42.5 Å². The molecule has 0 radical (unpaired) electrons. The van der Waals surface area contributed by atoms with Crippen LogP contribution in [-0.2, 0) is 10.1 Å². The summed E-state index contributed by atoms with van der Waals surface area (Å²) in [4.78, 5) is 2.12. The second kappa shape index (κ2) is 13.4. The first-order chi connectivity index (χ1) is 8.49. The molecular formula is C13H26NNaO3S. The molecule has 0 N–H and O–H groups in total. The summed E-state index contributed by atoms with van der Waals surface area (Å²) < 4.78 is 31.5. The van der Waals surface area contributed by atoms with Crippen LogP contribution in [0.4, 0.5) is 0 Å². The third kappa shape index (κ3) is 16.4. The zero-order valence-electron chi connectivity index (χ0n) is 12.6. The first kappa shape index (κ1) is 21.7. The van der Waals surface area contributed by atoms with E-state index in [-0.39, 0.29) is 29.6 Å². The van der Waals surface area contributed by atoms with E-state index in [9.17, 15) is 13.0 Å². The zero-order chi connectivity index (χ0) is 13.9. The zero-order valence-corrected chi connectivity index (χ0v) is 15.4. The normalized spacial score (nSPS) is 11.5. The molecule has 0 saturated carbocycles. The van der Waals surface area contributed by atoms with Crippen molar-refractivity contribution >= 4 is 10.1 Å². The maximum absolute atomic E-state index is 10.5. The van der Waals surface area contributed by atoms with E-state index in [0.29, 0.717) is 0 Å². The summed E-state index contributed by atoms with van der Waals surface area (Å²) in [6.45, 7) is 6.18. The predicted molar refractivity (Wildman–Crippen MR) is 74.3 cm³/mol. The number of nitrogens with zero attached hydrogens (tertiary/aromatic N) is 1. The van der Waals surface area contributed by atoms with Crippen molar-refractivity contribution in [3.8, 4) is 0 Å². The molecule has 4 nitrogen and oxygen atoms in total. The van der Waals surface area contributed by atoms with Crippen LogP contribution in [0, 0.1) is 0 Å². The van der Waals surface area contributed by atoms with Crippen LogP contribution in [0.1, 0.15) is 52.4 Å². The third-order valence-electron chi connectivity index (χ3n) is 2.71. The van der Waals surface area contributed by atoms with Crippen LogP contribution < -0.4 is 29.6 Å². The minimum absolute atomic E-state index is 0. The van der Waals surface area contributed by atoms with Crippen LogP contribution in [0.25, 0.3) is 0 Å². The molecule has 0 amide bonds. The molecule has 0 unspecified atom stereocenters. The maximum atomic E-state index is 10.5. The van der Waals surface area contributed by atoms with Gasteiger partial charge in [0.1, 0.15) is 0 Å². The fourth-order valence-electron chi connectivity index (χ4n) is 1.70. The van der Waals surface area contributed by atoms with Gasteiger partial charge in [0.2, 0.25) is 0 Å². The minimum atomic E-state index is -4.13. The van der Waals surface area contributed by atoms with Crippen LogP contribution >= 0.6 is 0 Å². The summed E-state index contributed by atoms with van der Waals surface area (Å²) in [7, 11) is -4.13. The van der Waals surface area contributed by atoms with Gasteiger partial charge in [-0.05, 0) is 19.0 Å². The van der Waals surface area contributed by atoms with Gasteiger partial charge in [-0.15, -0.1) is 0 Å². The second-order valence-corrected chi connectivity index (χ2v) is 6.01. The van der Waals surface area contributed by atoms with Crippen LogP contribution in [0.15, 0.2) is 12.3 Å².